The number of benzene rings is 1. The lowest BCUT2D eigenvalue weighted by Crippen LogP contribution is -2.37. The first kappa shape index (κ1) is 17.7. The van der Waals surface area contributed by atoms with Crippen LogP contribution in [0.1, 0.15) is 49.0 Å². The fourth-order valence-corrected chi connectivity index (χ4v) is 3.75. The van der Waals surface area contributed by atoms with E-state index < -0.39 is 5.97 Å². The Balaban J connectivity index is 2.17. The first-order valence-electron chi connectivity index (χ1n) is 8.96. The van der Waals surface area contributed by atoms with E-state index in [0.717, 1.165) is 23.0 Å². The Bertz CT molecular complexity index is 767. The van der Waals surface area contributed by atoms with Crippen molar-refractivity contribution in [1.82, 2.24) is 4.98 Å². The summed E-state index contributed by atoms with van der Waals surface area (Å²) in [5.74, 6) is 0.0446. The molecule has 1 aliphatic rings. The molecule has 0 saturated carbocycles. The lowest BCUT2D eigenvalue weighted by Gasteiger charge is -2.31. The van der Waals surface area contributed by atoms with Crippen molar-refractivity contribution in [3.05, 3.63) is 35.5 Å². The van der Waals surface area contributed by atoms with Crippen molar-refractivity contribution in [1.29, 1.82) is 0 Å². The summed E-state index contributed by atoms with van der Waals surface area (Å²) in [4.78, 5) is 18.4. The largest absolute Gasteiger partial charge is 0.478 e. The minimum absolute atomic E-state index is 0.267. The highest BCUT2D eigenvalue weighted by Gasteiger charge is 2.23. The van der Waals surface area contributed by atoms with Gasteiger partial charge in [0, 0.05) is 24.7 Å². The van der Waals surface area contributed by atoms with Crippen molar-refractivity contribution < 1.29 is 14.6 Å². The van der Waals surface area contributed by atoms with E-state index >= 15 is 0 Å². The van der Waals surface area contributed by atoms with Gasteiger partial charge in [0.05, 0.1) is 24.4 Å². The molecule has 1 fully saturated rings. The molecule has 3 rings (SSSR count). The number of pyridine rings is 1. The van der Waals surface area contributed by atoms with Gasteiger partial charge in [-0.15, -0.1) is 0 Å². The maximum atomic E-state index is 11.8. The van der Waals surface area contributed by atoms with Crippen LogP contribution in [0, 0.1) is 5.92 Å². The lowest BCUT2D eigenvalue weighted by molar-refractivity contribution is 0.0696. The minimum atomic E-state index is -0.934. The molecule has 5 heteroatoms. The highest BCUT2D eigenvalue weighted by Crippen LogP contribution is 2.35. The third kappa shape index (κ3) is 3.61. The van der Waals surface area contributed by atoms with Crippen LogP contribution in [0.2, 0.25) is 0 Å². The van der Waals surface area contributed by atoms with Gasteiger partial charge in [-0.05, 0) is 23.8 Å². The zero-order valence-corrected chi connectivity index (χ0v) is 15.2. The fourth-order valence-electron chi connectivity index (χ4n) is 3.75. The normalized spacial score (nSPS) is 16.4. The molecular weight excluding hydrogens is 316 g/mol. The monoisotopic (exact) mass is 342 g/mol. The molecule has 0 bridgehead atoms. The number of hydrogen-bond acceptors (Lipinski definition) is 4. The van der Waals surface area contributed by atoms with Crippen LogP contribution >= 0.6 is 0 Å². The summed E-state index contributed by atoms with van der Waals surface area (Å²) in [6.45, 7) is 9.29. The van der Waals surface area contributed by atoms with Crippen LogP contribution in [0.5, 0.6) is 0 Å². The van der Waals surface area contributed by atoms with Gasteiger partial charge in [0.2, 0.25) is 0 Å². The molecule has 0 spiro atoms. The van der Waals surface area contributed by atoms with Crippen LogP contribution in [0.4, 0.5) is 5.69 Å². The van der Waals surface area contributed by atoms with E-state index in [9.17, 15) is 9.90 Å². The highest BCUT2D eigenvalue weighted by atomic mass is 16.5. The summed E-state index contributed by atoms with van der Waals surface area (Å²) in [5.41, 5.74) is 3.15. The van der Waals surface area contributed by atoms with E-state index in [2.05, 4.69) is 36.7 Å². The Morgan fingerprint density at radius 2 is 2.00 bits per heavy atom. The number of aromatic nitrogens is 1. The second kappa shape index (κ2) is 7.40. The summed E-state index contributed by atoms with van der Waals surface area (Å²) in [7, 11) is 0. The molecule has 5 nitrogen and oxygen atoms in total. The van der Waals surface area contributed by atoms with Crippen molar-refractivity contribution >= 4 is 22.6 Å². The van der Waals surface area contributed by atoms with Crippen LogP contribution in [0.25, 0.3) is 10.9 Å². The number of morpholine rings is 1. The Morgan fingerprint density at radius 3 is 2.64 bits per heavy atom. The van der Waals surface area contributed by atoms with Gasteiger partial charge in [-0.25, -0.2) is 4.79 Å². The van der Waals surface area contributed by atoms with Gasteiger partial charge in [0.25, 0.3) is 0 Å². The van der Waals surface area contributed by atoms with E-state index in [4.69, 9.17) is 4.74 Å². The van der Waals surface area contributed by atoms with Crippen molar-refractivity contribution in [2.45, 2.75) is 33.1 Å². The quantitative estimate of drug-likeness (QED) is 0.892. The average molecular weight is 342 g/mol. The zero-order valence-electron chi connectivity index (χ0n) is 15.2. The standard InChI is InChI=1S/C20H26N2O3/c1-13(2)11-14(3)15-5-4-6-16-18(15)21-12-17(20(23)24)19(16)22-7-9-25-10-8-22/h4-6,12-14H,7-11H2,1-3H3,(H,23,24). The second-order valence-electron chi connectivity index (χ2n) is 7.20. The van der Waals surface area contributed by atoms with Gasteiger partial charge < -0.3 is 14.7 Å². The topological polar surface area (TPSA) is 62.7 Å². The summed E-state index contributed by atoms with van der Waals surface area (Å²) >= 11 is 0. The maximum Gasteiger partial charge on any atom is 0.339 e. The third-order valence-corrected chi connectivity index (χ3v) is 4.81. The number of carboxylic acids is 1. The molecule has 2 aromatic rings. The van der Waals surface area contributed by atoms with Crippen molar-refractivity contribution in [3.63, 3.8) is 0 Å². The number of fused-ring (bicyclic) bond motifs is 1. The molecule has 0 radical (unpaired) electrons. The van der Waals surface area contributed by atoms with Crippen LogP contribution in [-0.4, -0.2) is 42.4 Å². The number of aromatic carboxylic acids is 1. The molecule has 1 aliphatic heterocycles. The molecule has 25 heavy (non-hydrogen) atoms. The Morgan fingerprint density at radius 1 is 1.28 bits per heavy atom. The average Bonchev–Trinajstić information content (AvgIpc) is 2.60. The molecule has 1 unspecified atom stereocenters. The third-order valence-electron chi connectivity index (χ3n) is 4.81. The van der Waals surface area contributed by atoms with Gasteiger partial charge in [-0.3, -0.25) is 4.98 Å². The smallest absolute Gasteiger partial charge is 0.339 e. The van der Waals surface area contributed by atoms with Crippen molar-refractivity contribution in [3.8, 4) is 0 Å². The minimum Gasteiger partial charge on any atom is -0.478 e. The summed E-state index contributed by atoms with van der Waals surface area (Å²) in [6, 6.07) is 6.13. The van der Waals surface area contributed by atoms with Gasteiger partial charge in [0.15, 0.2) is 0 Å². The number of hydrogen-bond donors (Lipinski definition) is 1. The lowest BCUT2D eigenvalue weighted by atomic mass is 9.90. The predicted octanol–water partition coefficient (Wildman–Crippen LogP) is 3.92. The first-order chi connectivity index (χ1) is 12.0. The van der Waals surface area contributed by atoms with Crippen LogP contribution in [0.3, 0.4) is 0 Å². The highest BCUT2D eigenvalue weighted by molar-refractivity contribution is 6.05. The number of rotatable bonds is 5. The predicted molar refractivity (Wildman–Crippen MR) is 99.6 cm³/mol. The Hall–Kier alpha value is -2.14. The summed E-state index contributed by atoms with van der Waals surface area (Å²) in [6.07, 6.45) is 2.59. The molecule has 134 valence electrons. The molecule has 2 heterocycles. The number of carboxylic acid groups (broad SMARTS) is 1. The molecular formula is C20H26N2O3. The van der Waals surface area contributed by atoms with Crippen LogP contribution < -0.4 is 4.90 Å². The first-order valence-corrected chi connectivity index (χ1v) is 8.96. The SMILES string of the molecule is CC(C)CC(C)c1cccc2c(N3CCOCC3)c(C(=O)O)cnc12. The van der Waals surface area contributed by atoms with E-state index in [1.165, 1.54) is 11.8 Å². The Labute approximate surface area is 148 Å². The molecule has 0 aliphatic carbocycles. The van der Waals surface area contributed by atoms with E-state index in [0.29, 0.717) is 38.1 Å². The number of nitrogens with zero attached hydrogens (tertiary/aromatic N) is 2. The van der Waals surface area contributed by atoms with Crippen LogP contribution in [0.15, 0.2) is 24.4 Å². The number of carbonyl (C=O) groups is 1. The summed E-state index contributed by atoms with van der Waals surface area (Å²) in [5, 5.41) is 10.6. The van der Waals surface area contributed by atoms with E-state index in [1.54, 1.807) is 0 Å². The molecule has 1 aromatic heterocycles. The summed E-state index contributed by atoms with van der Waals surface area (Å²) < 4.78 is 5.43. The van der Waals surface area contributed by atoms with E-state index in [1.807, 2.05) is 12.1 Å². The molecule has 1 N–H and O–H groups in total. The number of para-hydroxylation sites is 1. The van der Waals surface area contributed by atoms with Gasteiger partial charge in [-0.1, -0.05) is 39.0 Å². The molecule has 1 atom stereocenters. The molecule has 0 amide bonds. The van der Waals surface area contributed by atoms with Gasteiger partial charge >= 0.3 is 5.97 Å². The van der Waals surface area contributed by atoms with Gasteiger partial charge in [0.1, 0.15) is 5.56 Å². The van der Waals surface area contributed by atoms with E-state index in [-0.39, 0.29) is 5.56 Å². The maximum absolute atomic E-state index is 11.8. The second-order valence-corrected chi connectivity index (χ2v) is 7.20. The molecule has 1 aromatic carbocycles. The number of anilines is 1. The zero-order chi connectivity index (χ0) is 18.0. The Kier molecular flexibility index (Phi) is 5.23. The number of ether oxygens (including phenoxy) is 1. The van der Waals surface area contributed by atoms with Crippen molar-refractivity contribution in [2.75, 3.05) is 31.2 Å². The van der Waals surface area contributed by atoms with Crippen molar-refractivity contribution in [2.24, 2.45) is 5.92 Å². The molecule has 1 saturated heterocycles. The fraction of sp³-hybridized carbons (Fsp3) is 0.500. The van der Waals surface area contributed by atoms with Crippen LogP contribution in [-0.2, 0) is 4.74 Å². The van der Waals surface area contributed by atoms with Gasteiger partial charge in [-0.2, -0.15) is 0 Å².